The van der Waals surface area contributed by atoms with Gasteiger partial charge in [0.05, 0.1) is 5.69 Å². The summed E-state index contributed by atoms with van der Waals surface area (Å²) in [6.07, 6.45) is 2.83. The third kappa shape index (κ3) is 3.19. The molecule has 1 aromatic carbocycles. The number of anilines is 2. The maximum Gasteiger partial charge on any atom is 0.223 e. The van der Waals surface area contributed by atoms with Crippen molar-refractivity contribution in [3.8, 4) is 0 Å². The molecule has 0 N–H and O–H groups in total. The molecule has 26 heavy (non-hydrogen) atoms. The van der Waals surface area contributed by atoms with Crippen LogP contribution in [0.15, 0.2) is 42.6 Å². The highest BCUT2D eigenvalue weighted by Gasteiger charge is 2.25. The van der Waals surface area contributed by atoms with Gasteiger partial charge in [-0.15, -0.1) is 0 Å². The normalized spacial score (nSPS) is 18.7. The van der Waals surface area contributed by atoms with Gasteiger partial charge in [-0.25, -0.2) is 0 Å². The summed E-state index contributed by atoms with van der Waals surface area (Å²) in [6.45, 7) is 8.81. The van der Waals surface area contributed by atoms with Gasteiger partial charge in [0, 0.05) is 63.3 Å². The van der Waals surface area contributed by atoms with Gasteiger partial charge in [0.15, 0.2) is 0 Å². The molecular formula is C21H26N4O. The van der Waals surface area contributed by atoms with Crippen LogP contribution in [-0.2, 0) is 11.2 Å². The quantitative estimate of drug-likeness (QED) is 0.853. The predicted octanol–water partition coefficient (Wildman–Crippen LogP) is 2.87. The zero-order valence-electron chi connectivity index (χ0n) is 15.6. The summed E-state index contributed by atoms with van der Waals surface area (Å²) in [4.78, 5) is 23.1. The molecule has 1 amide bonds. The van der Waals surface area contributed by atoms with Crippen molar-refractivity contribution in [2.45, 2.75) is 26.3 Å². The third-order valence-corrected chi connectivity index (χ3v) is 5.68. The first-order valence-electron chi connectivity index (χ1n) is 9.44. The average molecular weight is 350 g/mol. The van der Waals surface area contributed by atoms with E-state index in [1.165, 1.54) is 11.3 Å². The summed E-state index contributed by atoms with van der Waals surface area (Å²) in [5.41, 5.74) is 4.80. The molecule has 0 saturated carbocycles. The smallest absolute Gasteiger partial charge is 0.223 e. The van der Waals surface area contributed by atoms with E-state index in [0.717, 1.165) is 50.5 Å². The Morgan fingerprint density at radius 1 is 1.08 bits per heavy atom. The van der Waals surface area contributed by atoms with Gasteiger partial charge in [0.2, 0.25) is 5.91 Å². The van der Waals surface area contributed by atoms with Gasteiger partial charge in [-0.1, -0.05) is 6.07 Å². The van der Waals surface area contributed by atoms with Crippen molar-refractivity contribution in [3.05, 3.63) is 53.9 Å². The van der Waals surface area contributed by atoms with Crippen LogP contribution in [0.4, 0.5) is 11.4 Å². The van der Waals surface area contributed by atoms with Crippen LogP contribution < -0.4 is 9.80 Å². The van der Waals surface area contributed by atoms with Crippen LogP contribution in [0.25, 0.3) is 0 Å². The average Bonchev–Trinajstić information content (AvgIpc) is 3.12. The first-order valence-corrected chi connectivity index (χ1v) is 9.44. The van der Waals surface area contributed by atoms with Crippen LogP contribution in [0, 0.1) is 0 Å². The van der Waals surface area contributed by atoms with Gasteiger partial charge in [-0.3, -0.25) is 14.7 Å². The Morgan fingerprint density at radius 3 is 2.58 bits per heavy atom. The van der Waals surface area contributed by atoms with Gasteiger partial charge in [-0.2, -0.15) is 0 Å². The molecule has 1 fully saturated rings. The molecule has 0 spiro atoms. The van der Waals surface area contributed by atoms with Crippen LogP contribution in [0.3, 0.4) is 0 Å². The molecule has 0 radical (unpaired) electrons. The minimum atomic E-state index is 0.133. The van der Waals surface area contributed by atoms with E-state index >= 15 is 0 Å². The predicted molar refractivity (Wildman–Crippen MR) is 105 cm³/mol. The first kappa shape index (κ1) is 17.0. The minimum Gasteiger partial charge on any atom is -0.369 e. The van der Waals surface area contributed by atoms with Crippen molar-refractivity contribution >= 4 is 17.3 Å². The number of hydrogen-bond acceptors (Lipinski definition) is 4. The lowest BCUT2D eigenvalue weighted by Gasteiger charge is -2.39. The fourth-order valence-corrected chi connectivity index (χ4v) is 4.09. The Labute approximate surface area is 155 Å². The number of benzene rings is 1. The number of amides is 1. The summed E-state index contributed by atoms with van der Waals surface area (Å²) in [6, 6.07) is 13.0. The molecule has 136 valence electrons. The van der Waals surface area contributed by atoms with E-state index in [2.05, 4.69) is 52.0 Å². The van der Waals surface area contributed by atoms with Crippen LogP contribution in [-0.4, -0.2) is 48.5 Å². The van der Waals surface area contributed by atoms with Crippen molar-refractivity contribution in [2.24, 2.45) is 0 Å². The summed E-state index contributed by atoms with van der Waals surface area (Å²) in [5, 5.41) is 0. The number of hydrogen-bond donors (Lipinski definition) is 0. The maximum absolute atomic E-state index is 11.7. The molecule has 2 aliphatic rings. The van der Waals surface area contributed by atoms with Crippen LogP contribution in [0.1, 0.15) is 31.1 Å². The number of rotatable bonds is 3. The second-order valence-electron chi connectivity index (χ2n) is 7.19. The van der Waals surface area contributed by atoms with E-state index < -0.39 is 0 Å². The Bertz CT molecular complexity index is 784. The molecule has 5 heteroatoms. The third-order valence-electron chi connectivity index (χ3n) is 5.68. The Kier molecular flexibility index (Phi) is 4.64. The van der Waals surface area contributed by atoms with E-state index in [0.29, 0.717) is 6.04 Å². The molecule has 1 aromatic heterocycles. The molecule has 1 unspecified atom stereocenters. The van der Waals surface area contributed by atoms with E-state index in [1.54, 1.807) is 6.92 Å². The fraction of sp³-hybridized carbons (Fsp3) is 0.429. The molecule has 0 aliphatic carbocycles. The topological polar surface area (TPSA) is 39.7 Å². The van der Waals surface area contributed by atoms with Crippen LogP contribution in [0.2, 0.25) is 0 Å². The number of carbonyl (C=O) groups is 1. The largest absolute Gasteiger partial charge is 0.369 e. The highest BCUT2D eigenvalue weighted by atomic mass is 16.2. The molecule has 0 bridgehead atoms. The van der Waals surface area contributed by atoms with Crippen molar-refractivity contribution < 1.29 is 4.79 Å². The van der Waals surface area contributed by atoms with Gasteiger partial charge in [-0.05, 0) is 49.2 Å². The van der Waals surface area contributed by atoms with Gasteiger partial charge in [0.25, 0.3) is 0 Å². The van der Waals surface area contributed by atoms with E-state index in [1.807, 2.05) is 17.2 Å². The maximum atomic E-state index is 11.7. The lowest BCUT2D eigenvalue weighted by molar-refractivity contribution is -0.116. The summed E-state index contributed by atoms with van der Waals surface area (Å²) < 4.78 is 0. The number of aromatic nitrogens is 1. The Hall–Kier alpha value is -2.40. The van der Waals surface area contributed by atoms with Crippen LogP contribution in [0.5, 0.6) is 0 Å². The SMILES string of the molecule is CC(=O)N1CCc2cc(N3CCN(C(C)c4ccccn4)CC3)ccc21. The zero-order chi connectivity index (χ0) is 18.1. The molecule has 3 heterocycles. The second-order valence-corrected chi connectivity index (χ2v) is 7.19. The van der Waals surface area contributed by atoms with Crippen LogP contribution >= 0.6 is 0 Å². The number of carbonyl (C=O) groups excluding carboxylic acids is 1. The second kappa shape index (κ2) is 7.08. The van der Waals surface area contributed by atoms with E-state index in [-0.39, 0.29) is 5.91 Å². The first-order chi connectivity index (χ1) is 12.6. The minimum absolute atomic E-state index is 0.133. The standard InChI is InChI=1S/C21H26N4O/c1-16(20-5-3-4-9-22-20)23-11-13-24(14-12-23)19-6-7-21-18(15-19)8-10-25(21)17(2)26/h3-7,9,15-16H,8,10-14H2,1-2H3. The molecule has 1 atom stereocenters. The molecule has 4 rings (SSSR count). The summed E-state index contributed by atoms with van der Waals surface area (Å²) >= 11 is 0. The van der Waals surface area contributed by atoms with Gasteiger partial charge >= 0.3 is 0 Å². The number of fused-ring (bicyclic) bond motifs is 1. The highest BCUT2D eigenvalue weighted by Crippen LogP contribution is 2.32. The van der Waals surface area contributed by atoms with E-state index in [9.17, 15) is 4.79 Å². The molecule has 2 aromatic rings. The molecule has 1 saturated heterocycles. The monoisotopic (exact) mass is 350 g/mol. The Balaban J connectivity index is 1.42. The zero-order valence-corrected chi connectivity index (χ0v) is 15.6. The highest BCUT2D eigenvalue weighted by molar-refractivity contribution is 5.94. The molecule has 5 nitrogen and oxygen atoms in total. The van der Waals surface area contributed by atoms with Crippen molar-refractivity contribution in [3.63, 3.8) is 0 Å². The summed E-state index contributed by atoms with van der Waals surface area (Å²) in [7, 11) is 0. The lowest BCUT2D eigenvalue weighted by atomic mass is 10.1. The van der Waals surface area contributed by atoms with Crippen molar-refractivity contribution in [2.75, 3.05) is 42.5 Å². The molecule has 2 aliphatic heterocycles. The van der Waals surface area contributed by atoms with Gasteiger partial charge < -0.3 is 9.80 Å². The van der Waals surface area contributed by atoms with Crippen molar-refractivity contribution in [1.82, 2.24) is 9.88 Å². The Morgan fingerprint density at radius 2 is 1.88 bits per heavy atom. The van der Waals surface area contributed by atoms with E-state index in [4.69, 9.17) is 0 Å². The summed E-state index contributed by atoms with van der Waals surface area (Å²) in [5.74, 6) is 0.133. The lowest BCUT2D eigenvalue weighted by Crippen LogP contribution is -2.47. The fourth-order valence-electron chi connectivity index (χ4n) is 4.09. The number of pyridine rings is 1. The number of piperazine rings is 1. The molecular weight excluding hydrogens is 324 g/mol. The van der Waals surface area contributed by atoms with Crippen molar-refractivity contribution in [1.29, 1.82) is 0 Å². The number of nitrogens with zero attached hydrogens (tertiary/aromatic N) is 4. The van der Waals surface area contributed by atoms with Gasteiger partial charge in [0.1, 0.15) is 0 Å².